The first-order valence-corrected chi connectivity index (χ1v) is 13.1. The Balaban J connectivity index is 1.21. The van der Waals surface area contributed by atoms with Gasteiger partial charge in [0.15, 0.2) is 0 Å². The number of carbonyl (C=O) groups excluding carboxylic acids is 2. The maximum Gasteiger partial charge on any atom is 0.316 e. The molecule has 2 atom stereocenters. The number of fused-ring (bicyclic) bond motifs is 2. The highest BCUT2D eigenvalue weighted by atomic mass is 32.1. The van der Waals surface area contributed by atoms with E-state index in [-0.39, 0.29) is 30.3 Å². The predicted octanol–water partition coefficient (Wildman–Crippen LogP) is 2.83. The van der Waals surface area contributed by atoms with Gasteiger partial charge in [0.1, 0.15) is 35.3 Å². The Labute approximate surface area is 234 Å². The van der Waals surface area contributed by atoms with E-state index in [4.69, 9.17) is 15.0 Å². The van der Waals surface area contributed by atoms with Crippen molar-refractivity contribution in [3.63, 3.8) is 0 Å². The van der Waals surface area contributed by atoms with Crippen molar-refractivity contribution < 1.29 is 23.2 Å². The molecular weight excluding hydrogens is 555 g/mol. The summed E-state index contributed by atoms with van der Waals surface area (Å²) < 4.78 is 26.2. The number of thiophene rings is 1. The standard InChI is InChI=1S/C26H21FN8O5S/c1-39-18-7-17(23(36)31-10-15-6-13-9-29-20(28)8-19(13)41-15)35-22(18)30-11-16(26(35)38)32-24(37)25-33-21(34-40-25)12-3-2-4-14(27)5-12/h2-6,8-9,11,17-18H,7,10H2,1H3,(H2,28,29)(H,31,36)(H,32,37)/t17-,18+/m0/s1. The second kappa shape index (κ2) is 10.5. The van der Waals surface area contributed by atoms with Crippen molar-refractivity contribution in [2.24, 2.45) is 0 Å². The third kappa shape index (κ3) is 5.03. The van der Waals surface area contributed by atoms with Gasteiger partial charge in [0.25, 0.3) is 5.56 Å². The molecule has 0 spiro atoms. The number of nitrogens with one attached hydrogen (secondary N) is 2. The zero-order chi connectivity index (χ0) is 28.7. The SMILES string of the molecule is CO[C@@H]1C[C@@H](C(=O)NCc2cc3cnc(N)cc3s2)n2c1ncc(NC(=O)c1nc(-c3cccc(F)c3)no1)c2=O. The van der Waals surface area contributed by atoms with Crippen molar-refractivity contribution in [2.75, 3.05) is 18.2 Å². The van der Waals surface area contributed by atoms with E-state index in [9.17, 15) is 18.8 Å². The molecule has 0 aliphatic carbocycles. The Hall–Kier alpha value is -5.02. The van der Waals surface area contributed by atoms with E-state index in [2.05, 4.69) is 30.7 Å². The lowest BCUT2D eigenvalue weighted by Crippen LogP contribution is -2.36. The molecule has 208 valence electrons. The smallest absolute Gasteiger partial charge is 0.316 e. The number of aromatic nitrogens is 5. The molecule has 0 fully saturated rings. The second-order valence-corrected chi connectivity index (χ2v) is 10.3. The number of amides is 2. The maximum atomic E-state index is 13.5. The number of nitrogens with zero attached hydrogens (tertiary/aromatic N) is 5. The quantitative estimate of drug-likeness (QED) is 0.261. The molecule has 0 saturated carbocycles. The summed E-state index contributed by atoms with van der Waals surface area (Å²) in [6, 6.07) is 8.21. The molecule has 1 aliphatic heterocycles. The normalized spacial score (nSPS) is 16.0. The van der Waals surface area contributed by atoms with Crippen LogP contribution in [0.3, 0.4) is 0 Å². The summed E-state index contributed by atoms with van der Waals surface area (Å²) >= 11 is 1.47. The van der Waals surface area contributed by atoms with Crippen LogP contribution in [0.4, 0.5) is 15.9 Å². The summed E-state index contributed by atoms with van der Waals surface area (Å²) in [5.41, 5.74) is 5.21. The molecule has 0 radical (unpaired) electrons. The third-order valence-corrected chi connectivity index (χ3v) is 7.61. The number of ether oxygens (including phenoxy) is 1. The van der Waals surface area contributed by atoms with Crippen LogP contribution in [0, 0.1) is 5.82 Å². The van der Waals surface area contributed by atoms with Crippen LogP contribution < -0.4 is 21.9 Å². The van der Waals surface area contributed by atoms with E-state index >= 15 is 0 Å². The van der Waals surface area contributed by atoms with Crippen molar-refractivity contribution in [3.8, 4) is 11.4 Å². The number of anilines is 2. The average molecular weight is 577 g/mol. The van der Waals surface area contributed by atoms with Crippen LogP contribution in [-0.2, 0) is 16.1 Å². The number of nitrogens with two attached hydrogens (primary N) is 1. The van der Waals surface area contributed by atoms with E-state index in [1.165, 1.54) is 47.4 Å². The summed E-state index contributed by atoms with van der Waals surface area (Å²) in [6.07, 6.45) is 2.42. The molecule has 5 heterocycles. The fourth-order valence-electron chi connectivity index (χ4n) is 4.57. The monoisotopic (exact) mass is 576 g/mol. The summed E-state index contributed by atoms with van der Waals surface area (Å²) in [5, 5.41) is 9.88. The third-order valence-electron chi connectivity index (χ3n) is 6.51. The molecule has 6 rings (SSSR count). The van der Waals surface area contributed by atoms with Crippen molar-refractivity contribution in [1.29, 1.82) is 0 Å². The first-order valence-electron chi connectivity index (χ1n) is 12.3. The number of carbonyl (C=O) groups is 2. The predicted molar refractivity (Wildman–Crippen MR) is 145 cm³/mol. The summed E-state index contributed by atoms with van der Waals surface area (Å²) in [5.74, 6) is -1.58. The zero-order valence-electron chi connectivity index (χ0n) is 21.3. The van der Waals surface area contributed by atoms with Crippen molar-refractivity contribution in [2.45, 2.75) is 25.1 Å². The van der Waals surface area contributed by atoms with Crippen LogP contribution in [0.1, 0.15) is 40.0 Å². The Bertz CT molecular complexity index is 1870. The van der Waals surface area contributed by atoms with Gasteiger partial charge in [-0.1, -0.05) is 17.3 Å². The lowest BCUT2D eigenvalue weighted by Gasteiger charge is -2.14. The molecule has 41 heavy (non-hydrogen) atoms. The van der Waals surface area contributed by atoms with Crippen LogP contribution in [0.15, 0.2) is 58.1 Å². The molecule has 0 unspecified atom stereocenters. The Kier molecular flexibility index (Phi) is 6.72. The van der Waals surface area contributed by atoms with Gasteiger partial charge >= 0.3 is 11.8 Å². The molecule has 1 aliphatic rings. The Morgan fingerprint density at radius 3 is 2.90 bits per heavy atom. The topological polar surface area (TPSA) is 180 Å². The number of methoxy groups -OCH3 is 1. The van der Waals surface area contributed by atoms with Gasteiger partial charge in [0.05, 0.1) is 12.7 Å². The minimum Gasteiger partial charge on any atom is -0.384 e. The highest BCUT2D eigenvalue weighted by Crippen LogP contribution is 2.34. The number of rotatable bonds is 7. The van der Waals surface area contributed by atoms with Crippen molar-refractivity contribution >= 4 is 44.7 Å². The summed E-state index contributed by atoms with van der Waals surface area (Å²) in [6.45, 7) is 0.227. The van der Waals surface area contributed by atoms with Gasteiger partial charge in [-0.15, -0.1) is 11.3 Å². The average Bonchev–Trinajstić information content (AvgIpc) is 3.70. The van der Waals surface area contributed by atoms with E-state index in [1.807, 2.05) is 6.07 Å². The van der Waals surface area contributed by atoms with Gasteiger partial charge in [0, 0.05) is 40.3 Å². The maximum absolute atomic E-state index is 13.5. The van der Waals surface area contributed by atoms with Crippen molar-refractivity contribution in [1.82, 2.24) is 30.0 Å². The van der Waals surface area contributed by atoms with E-state index in [1.54, 1.807) is 18.3 Å². The number of benzene rings is 1. The van der Waals surface area contributed by atoms with Gasteiger partial charge in [-0.2, -0.15) is 4.98 Å². The van der Waals surface area contributed by atoms with Crippen LogP contribution >= 0.6 is 11.3 Å². The zero-order valence-corrected chi connectivity index (χ0v) is 22.1. The number of hydrogen-bond acceptors (Lipinski definition) is 11. The molecule has 4 N–H and O–H groups in total. The van der Waals surface area contributed by atoms with Gasteiger partial charge < -0.3 is 25.6 Å². The molecular formula is C26H21FN8O5S. The molecule has 4 aromatic heterocycles. The fraction of sp³-hybridized carbons (Fsp3) is 0.192. The van der Waals surface area contributed by atoms with E-state index < -0.39 is 41.2 Å². The lowest BCUT2D eigenvalue weighted by atomic mass is 10.1. The van der Waals surface area contributed by atoms with E-state index in [0.29, 0.717) is 11.4 Å². The van der Waals surface area contributed by atoms with Gasteiger partial charge in [-0.25, -0.2) is 14.4 Å². The van der Waals surface area contributed by atoms with Crippen LogP contribution in [0.25, 0.3) is 21.5 Å². The highest BCUT2D eigenvalue weighted by molar-refractivity contribution is 7.19. The molecule has 2 amide bonds. The minimum atomic E-state index is -0.929. The Morgan fingerprint density at radius 1 is 1.24 bits per heavy atom. The number of hydrogen-bond donors (Lipinski definition) is 3. The highest BCUT2D eigenvalue weighted by Gasteiger charge is 2.38. The number of nitrogen functional groups attached to an aromatic ring is 1. The first-order chi connectivity index (χ1) is 19.8. The molecule has 0 saturated heterocycles. The number of pyridine rings is 1. The van der Waals surface area contributed by atoms with Crippen LogP contribution in [0.2, 0.25) is 0 Å². The van der Waals surface area contributed by atoms with Gasteiger partial charge in [-0.05, 0) is 24.3 Å². The summed E-state index contributed by atoms with van der Waals surface area (Å²) in [7, 11) is 1.46. The Morgan fingerprint density at radius 2 is 2.10 bits per heavy atom. The fourth-order valence-corrected chi connectivity index (χ4v) is 5.59. The summed E-state index contributed by atoms with van der Waals surface area (Å²) in [4.78, 5) is 52.7. The molecule has 13 nitrogen and oxygen atoms in total. The second-order valence-electron chi connectivity index (χ2n) is 9.15. The van der Waals surface area contributed by atoms with Crippen LogP contribution in [-0.4, -0.2) is 43.6 Å². The number of halogens is 1. The van der Waals surface area contributed by atoms with Crippen molar-refractivity contribution in [3.05, 3.63) is 81.6 Å². The lowest BCUT2D eigenvalue weighted by molar-refractivity contribution is -0.124. The molecule has 5 aromatic rings. The molecule has 15 heteroatoms. The minimum absolute atomic E-state index is 0.00325. The van der Waals surface area contributed by atoms with Crippen LogP contribution in [0.5, 0.6) is 0 Å². The largest absolute Gasteiger partial charge is 0.384 e. The van der Waals surface area contributed by atoms with E-state index in [0.717, 1.165) is 15.0 Å². The molecule has 0 bridgehead atoms. The van der Waals surface area contributed by atoms with Gasteiger partial charge in [0.2, 0.25) is 11.7 Å². The van der Waals surface area contributed by atoms with Gasteiger partial charge in [-0.3, -0.25) is 19.0 Å². The molecule has 1 aromatic carbocycles. The first kappa shape index (κ1) is 26.2.